The van der Waals surface area contributed by atoms with Gasteiger partial charge >= 0.3 is 0 Å². The summed E-state index contributed by atoms with van der Waals surface area (Å²) < 4.78 is 27.1. The van der Waals surface area contributed by atoms with Gasteiger partial charge in [-0.25, -0.2) is 0 Å². The number of halogens is 1. The molecule has 0 unspecified atom stereocenters. The lowest BCUT2D eigenvalue weighted by atomic mass is 10.2. The third-order valence-corrected chi connectivity index (χ3v) is 7.53. The van der Waals surface area contributed by atoms with Crippen molar-refractivity contribution in [2.75, 3.05) is 10.0 Å². The van der Waals surface area contributed by atoms with Crippen LogP contribution in [0.4, 0.5) is 10.3 Å². The molecule has 0 saturated carbocycles. The predicted molar refractivity (Wildman–Crippen MR) is 115 cm³/mol. The van der Waals surface area contributed by atoms with E-state index in [-0.39, 0.29) is 25.2 Å². The zero-order valence-electron chi connectivity index (χ0n) is 14.8. The lowest BCUT2D eigenvalue weighted by molar-refractivity contribution is 0.102. The molecule has 0 aliphatic carbocycles. The number of aromatic nitrogens is 4. The Balaban J connectivity index is 1.48. The molecule has 152 valence electrons. The fourth-order valence-corrected chi connectivity index (χ4v) is 5.40. The van der Waals surface area contributed by atoms with Gasteiger partial charge in [0.2, 0.25) is 10.3 Å². The number of nitrogens with one attached hydrogen (secondary N) is 2. The minimum absolute atomic E-state index is 0.0162. The van der Waals surface area contributed by atoms with Gasteiger partial charge in [-0.15, -0.1) is 20.4 Å². The number of hydrogen-bond donors (Lipinski definition) is 2. The van der Waals surface area contributed by atoms with Crippen LogP contribution >= 0.6 is 34.3 Å². The van der Waals surface area contributed by atoms with Crippen LogP contribution in [-0.4, -0.2) is 34.7 Å². The monoisotopic (exact) mass is 478 g/mol. The molecule has 0 fully saturated rings. The average molecular weight is 479 g/mol. The normalized spacial score (nSPS) is 11.2. The van der Waals surface area contributed by atoms with Crippen LogP contribution < -0.4 is 10.0 Å². The molecule has 4 aromatic rings. The summed E-state index contributed by atoms with van der Waals surface area (Å²) in [5.41, 5.74) is 1.06. The first-order valence-electron chi connectivity index (χ1n) is 8.23. The molecule has 0 aliphatic rings. The number of anilines is 2. The number of carbonyl (C=O) groups is 1. The number of sulfonamides is 1. The molecule has 0 bridgehead atoms. The van der Waals surface area contributed by atoms with Gasteiger partial charge < -0.3 is 0 Å². The smallest absolute Gasteiger partial charge is 0.293 e. The molecule has 2 N–H and O–H groups in total. The maximum absolute atomic E-state index is 12.6. The molecule has 4 rings (SSSR count). The first-order valence-corrected chi connectivity index (χ1v) is 11.7. The topological polar surface area (TPSA) is 127 Å². The minimum Gasteiger partial charge on any atom is -0.296 e. The number of benzene rings is 2. The largest absolute Gasteiger partial charge is 0.296 e. The highest BCUT2D eigenvalue weighted by atomic mass is 35.5. The second kappa shape index (κ2) is 8.44. The molecule has 30 heavy (non-hydrogen) atoms. The van der Waals surface area contributed by atoms with Gasteiger partial charge in [0.05, 0.1) is 10.6 Å². The molecule has 0 saturated heterocycles. The quantitative estimate of drug-likeness (QED) is 0.404. The highest BCUT2D eigenvalue weighted by Crippen LogP contribution is 2.29. The molecule has 9 nitrogen and oxygen atoms in total. The molecule has 2 aromatic heterocycles. The van der Waals surface area contributed by atoms with Gasteiger partial charge in [0.15, 0.2) is 0 Å². The van der Waals surface area contributed by atoms with E-state index < -0.39 is 15.9 Å². The predicted octanol–water partition coefficient (Wildman–Crippen LogP) is 3.76. The number of amides is 1. The maximum atomic E-state index is 12.6. The first-order chi connectivity index (χ1) is 14.4. The Morgan fingerprint density at radius 3 is 2.33 bits per heavy atom. The second-order valence-electron chi connectivity index (χ2n) is 5.69. The van der Waals surface area contributed by atoms with Crippen LogP contribution in [0.2, 0.25) is 5.02 Å². The van der Waals surface area contributed by atoms with Crippen LogP contribution in [0.25, 0.3) is 10.6 Å². The zero-order valence-corrected chi connectivity index (χ0v) is 18.0. The van der Waals surface area contributed by atoms with Gasteiger partial charge in [-0.2, -0.15) is 8.42 Å². The maximum Gasteiger partial charge on any atom is 0.293 e. The molecule has 0 radical (unpaired) electrons. The van der Waals surface area contributed by atoms with E-state index in [9.17, 15) is 13.2 Å². The molecule has 0 spiro atoms. The van der Waals surface area contributed by atoms with Crippen molar-refractivity contribution < 1.29 is 13.2 Å². The van der Waals surface area contributed by atoms with Crippen LogP contribution in [0, 0.1) is 0 Å². The van der Waals surface area contributed by atoms with Crippen molar-refractivity contribution in [2.24, 2.45) is 0 Å². The standard InChI is InChI=1S/C17H11ClN6O3S3/c18-12-9-5-4-8-11(12)13(25)19-15-21-23-17(29-15)30(26,27)24-16-22-20-14(28-16)10-6-2-1-3-7-10/h1-9H,(H,22,24)(H,19,21,25). The average Bonchev–Trinajstić information content (AvgIpc) is 3.39. The van der Waals surface area contributed by atoms with Gasteiger partial charge in [-0.1, -0.05) is 76.7 Å². The van der Waals surface area contributed by atoms with E-state index in [1.165, 1.54) is 6.07 Å². The van der Waals surface area contributed by atoms with Crippen molar-refractivity contribution in [1.29, 1.82) is 0 Å². The Labute approximate surface area is 183 Å². The molecular formula is C17H11ClN6O3S3. The lowest BCUT2D eigenvalue weighted by Crippen LogP contribution is -2.12. The SMILES string of the molecule is O=C(Nc1nnc(S(=O)(=O)Nc2nnc(-c3ccccc3)s2)s1)c1ccccc1Cl. The summed E-state index contributed by atoms with van der Waals surface area (Å²) in [4.78, 5) is 12.3. The second-order valence-corrected chi connectivity index (χ2v) is 9.91. The fraction of sp³-hybridized carbons (Fsp3) is 0. The summed E-state index contributed by atoms with van der Waals surface area (Å²) in [6.07, 6.45) is 0. The van der Waals surface area contributed by atoms with E-state index in [2.05, 4.69) is 30.4 Å². The van der Waals surface area contributed by atoms with Gasteiger partial charge in [0, 0.05) is 5.56 Å². The summed E-state index contributed by atoms with van der Waals surface area (Å²) in [7, 11) is -4.04. The van der Waals surface area contributed by atoms with E-state index in [0.29, 0.717) is 16.3 Å². The van der Waals surface area contributed by atoms with Crippen molar-refractivity contribution in [3.05, 3.63) is 65.2 Å². The van der Waals surface area contributed by atoms with E-state index >= 15 is 0 Å². The van der Waals surface area contributed by atoms with E-state index in [4.69, 9.17) is 11.6 Å². The number of rotatable bonds is 6. The number of hydrogen-bond acceptors (Lipinski definition) is 9. The van der Waals surface area contributed by atoms with Crippen molar-refractivity contribution in [1.82, 2.24) is 20.4 Å². The Kier molecular flexibility index (Phi) is 5.72. The molecule has 0 atom stereocenters. The van der Waals surface area contributed by atoms with Gasteiger partial charge in [-0.3, -0.25) is 14.8 Å². The van der Waals surface area contributed by atoms with Crippen LogP contribution in [0.1, 0.15) is 10.4 Å². The summed E-state index contributed by atoms with van der Waals surface area (Å²) >= 11 is 7.77. The zero-order chi connectivity index (χ0) is 21.1. The molecule has 2 aromatic carbocycles. The van der Waals surface area contributed by atoms with Crippen LogP contribution in [0.5, 0.6) is 0 Å². The highest BCUT2D eigenvalue weighted by Gasteiger charge is 2.23. The molecule has 0 aliphatic heterocycles. The molecule has 2 heterocycles. The summed E-state index contributed by atoms with van der Waals surface area (Å²) in [5.74, 6) is -0.523. The third kappa shape index (κ3) is 4.46. The fourth-order valence-electron chi connectivity index (χ4n) is 2.30. The van der Waals surface area contributed by atoms with Crippen molar-refractivity contribution in [2.45, 2.75) is 4.34 Å². The van der Waals surface area contributed by atoms with Gasteiger partial charge in [0.1, 0.15) is 5.01 Å². The summed E-state index contributed by atoms with van der Waals surface area (Å²) in [5, 5.41) is 18.6. The Hall–Kier alpha value is -2.93. The van der Waals surface area contributed by atoms with Gasteiger partial charge in [-0.05, 0) is 12.1 Å². The highest BCUT2D eigenvalue weighted by molar-refractivity contribution is 7.94. The Morgan fingerprint density at radius 2 is 1.57 bits per heavy atom. The molecule has 13 heteroatoms. The first kappa shape index (κ1) is 20.3. The van der Waals surface area contributed by atoms with Crippen LogP contribution in [0.3, 0.4) is 0 Å². The lowest BCUT2D eigenvalue weighted by Gasteiger charge is -2.02. The van der Waals surface area contributed by atoms with Crippen molar-refractivity contribution in [3.8, 4) is 10.6 Å². The van der Waals surface area contributed by atoms with E-state index in [1.54, 1.807) is 18.2 Å². The van der Waals surface area contributed by atoms with Crippen LogP contribution in [-0.2, 0) is 10.0 Å². The third-order valence-electron chi connectivity index (χ3n) is 3.64. The summed E-state index contributed by atoms with van der Waals surface area (Å²) in [6.45, 7) is 0. The summed E-state index contributed by atoms with van der Waals surface area (Å²) in [6, 6.07) is 15.7. The number of nitrogens with zero attached hydrogens (tertiary/aromatic N) is 4. The van der Waals surface area contributed by atoms with Crippen LogP contribution in [0.15, 0.2) is 58.9 Å². The number of carbonyl (C=O) groups excluding carboxylic acids is 1. The molecule has 1 amide bonds. The Bertz CT molecular complexity index is 1310. The van der Waals surface area contributed by atoms with Crippen molar-refractivity contribution >= 4 is 60.5 Å². The van der Waals surface area contributed by atoms with E-state index in [1.807, 2.05) is 30.3 Å². The van der Waals surface area contributed by atoms with Crippen molar-refractivity contribution in [3.63, 3.8) is 0 Å². The van der Waals surface area contributed by atoms with Gasteiger partial charge in [0.25, 0.3) is 20.3 Å². The van der Waals surface area contributed by atoms with E-state index in [0.717, 1.165) is 16.9 Å². The Morgan fingerprint density at radius 1 is 0.867 bits per heavy atom. The minimum atomic E-state index is -4.04. The molecular weight excluding hydrogens is 468 g/mol.